The summed E-state index contributed by atoms with van der Waals surface area (Å²) in [6, 6.07) is 2.35. The number of rotatable bonds is 4. The van der Waals surface area contributed by atoms with E-state index < -0.39 is 17.7 Å². The van der Waals surface area contributed by atoms with Crippen LogP contribution in [0.5, 0.6) is 0 Å². The number of aromatic nitrogens is 2. The maximum atomic E-state index is 13.4. The molecule has 0 aliphatic carbocycles. The van der Waals surface area contributed by atoms with Gasteiger partial charge in [-0.1, -0.05) is 0 Å². The average Bonchev–Trinajstić information content (AvgIpc) is 2.81. The second-order valence-corrected chi connectivity index (χ2v) is 4.12. The molecule has 0 saturated carbocycles. The number of carboxylic acid groups (broad SMARTS) is 1. The Bertz CT molecular complexity index is 644. The van der Waals surface area contributed by atoms with E-state index in [1.54, 1.807) is 0 Å². The van der Waals surface area contributed by atoms with Crippen LogP contribution in [-0.2, 0) is 4.79 Å². The first-order chi connectivity index (χ1) is 8.99. The number of hydrogen-bond donors (Lipinski definition) is 2. The summed E-state index contributed by atoms with van der Waals surface area (Å²) >= 11 is 0. The Kier molecular flexibility index (Phi) is 5.04. The van der Waals surface area contributed by atoms with Crippen molar-refractivity contribution in [2.45, 2.75) is 6.42 Å². The van der Waals surface area contributed by atoms with Gasteiger partial charge in [0, 0.05) is 13.6 Å². The smallest absolute Gasteiger partial charge is 0.305 e. The van der Waals surface area contributed by atoms with Gasteiger partial charge < -0.3 is 15.0 Å². The van der Waals surface area contributed by atoms with E-state index in [1.165, 1.54) is 24.3 Å². The van der Waals surface area contributed by atoms with Crippen LogP contribution in [-0.4, -0.2) is 45.4 Å². The maximum absolute atomic E-state index is 13.4. The molecule has 0 spiro atoms. The van der Waals surface area contributed by atoms with E-state index in [0.29, 0.717) is 11.0 Å². The van der Waals surface area contributed by atoms with E-state index in [0.717, 1.165) is 6.07 Å². The Morgan fingerprint density at radius 2 is 2.15 bits per heavy atom. The molecular formula is C12H13ClFN3O3. The van der Waals surface area contributed by atoms with Gasteiger partial charge in [-0.25, -0.2) is 9.37 Å². The third-order valence-electron chi connectivity index (χ3n) is 2.73. The number of imidazole rings is 1. The summed E-state index contributed by atoms with van der Waals surface area (Å²) in [5.41, 5.74) is 0.910. The van der Waals surface area contributed by atoms with Crippen LogP contribution in [0.15, 0.2) is 18.5 Å². The van der Waals surface area contributed by atoms with Crippen LogP contribution in [0.1, 0.15) is 16.8 Å². The number of aromatic amines is 1. The molecule has 0 unspecified atom stereocenters. The average molecular weight is 302 g/mol. The minimum Gasteiger partial charge on any atom is -0.481 e. The number of nitrogens with zero attached hydrogens (tertiary/aromatic N) is 2. The van der Waals surface area contributed by atoms with Crippen molar-refractivity contribution in [1.82, 2.24) is 14.9 Å². The highest BCUT2D eigenvalue weighted by Crippen LogP contribution is 2.18. The zero-order valence-electron chi connectivity index (χ0n) is 10.6. The van der Waals surface area contributed by atoms with Gasteiger partial charge in [0.05, 0.1) is 23.8 Å². The quantitative estimate of drug-likeness (QED) is 0.899. The first kappa shape index (κ1) is 15.9. The second kappa shape index (κ2) is 6.33. The van der Waals surface area contributed by atoms with Crippen molar-refractivity contribution in [3.8, 4) is 0 Å². The minimum atomic E-state index is -0.996. The molecule has 2 aromatic rings. The molecule has 1 heterocycles. The summed E-state index contributed by atoms with van der Waals surface area (Å²) in [4.78, 5) is 30.5. The number of nitrogens with one attached hydrogen (secondary N) is 1. The molecule has 6 nitrogen and oxygen atoms in total. The number of fused-ring (bicyclic) bond motifs is 1. The van der Waals surface area contributed by atoms with Gasteiger partial charge in [0.15, 0.2) is 0 Å². The largest absolute Gasteiger partial charge is 0.481 e. The van der Waals surface area contributed by atoms with Crippen LogP contribution in [0, 0.1) is 5.82 Å². The molecule has 0 bridgehead atoms. The van der Waals surface area contributed by atoms with Gasteiger partial charge in [-0.15, -0.1) is 12.4 Å². The summed E-state index contributed by atoms with van der Waals surface area (Å²) in [6.45, 7) is 0.0522. The number of benzene rings is 1. The molecule has 0 atom stereocenters. The van der Waals surface area contributed by atoms with Crippen molar-refractivity contribution in [2.24, 2.45) is 0 Å². The number of carbonyl (C=O) groups excluding carboxylic acids is 1. The van der Waals surface area contributed by atoms with E-state index in [9.17, 15) is 14.0 Å². The molecular weight excluding hydrogens is 289 g/mol. The Hall–Kier alpha value is -2.15. The lowest BCUT2D eigenvalue weighted by atomic mass is 10.1. The predicted octanol–water partition coefficient (Wildman–Crippen LogP) is 1.67. The second-order valence-electron chi connectivity index (χ2n) is 4.12. The molecule has 0 aliphatic heterocycles. The maximum Gasteiger partial charge on any atom is 0.305 e. The molecule has 0 saturated heterocycles. The number of carboxylic acids is 1. The third kappa shape index (κ3) is 3.24. The molecule has 0 fully saturated rings. The standard InChI is InChI=1S/C12H12FN3O3.ClH/c1-16(3-2-10(17)18)12(19)8-4-7(13)5-9-11(8)15-6-14-9;/h4-6H,2-3H2,1H3,(H,14,15)(H,17,18);1H. The number of H-pyrrole nitrogens is 1. The summed E-state index contributed by atoms with van der Waals surface area (Å²) in [5.74, 6) is -2.01. The van der Waals surface area contributed by atoms with E-state index >= 15 is 0 Å². The number of halogens is 2. The van der Waals surface area contributed by atoms with Gasteiger partial charge in [-0.2, -0.15) is 0 Å². The molecule has 108 valence electrons. The Morgan fingerprint density at radius 3 is 2.80 bits per heavy atom. The number of hydrogen-bond acceptors (Lipinski definition) is 3. The molecule has 8 heteroatoms. The first-order valence-corrected chi connectivity index (χ1v) is 5.59. The molecule has 1 amide bonds. The highest BCUT2D eigenvalue weighted by molar-refractivity contribution is 6.04. The van der Waals surface area contributed by atoms with E-state index in [4.69, 9.17) is 5.11 Å². The molecule has 20 heavy (non-hydrogen) atoms. The van der Waals surface area contributed by atoms with Crippen molar-refractivity contribution >= 4 is 35.3 Å². The number of amides is 1. The molecule has 1 aromatic heterocycles. The normalized spacial score (nSPS) is 10.1. The van der Waals surface area contributed by atoms with Gasteiger partial charge in [0.1, 0.15) is 11.3 Å². The Balaban J connectivity index is 0.00000200. The van der Waals surface area contributed by atoms with Gasteiger partial charge >= 0.3 is 5.97 Å². The monoisotopic (exact) mass is 301 g/mol. The van der Waals surface area contributed by atoms with Gasteiger partial charge in [-0.05, 0) is 12.1 Å². The Morgan fingerprint density at radius 1 is 1.45 bits per heavy atom. The minimum absolute atomic E-state index is 0. The van der Waals surface area contributed by atoms with Crippen molar-refractivity contribution in [2.75, 3.05) is 13.6 Å². The van der Waals surface area contributed by atoms with Gasteiger partial charge in [-0.3, -0.25) is 9.59 Å². The topological polar surface area (TPSA) is 86.3 Å². The zero-order valence-corrected chi connectivity index (χ0v) is 11.4. The first-order valence-electron chi connectivity index (χ1n) is 5.59. The lowest BCUT2D eigenvalue weighted by molar-refractivity contribution is -0.137. The summed E-state index contributed by atoms with van der Waals surface area (Å²) in [5, 5.41) is 8.58. The van der Waals surface area contributed by atoms with Crippen molar-refractivity contribution in [1.29, 1.82) is 0 Å². The van der Waals surface area contributed by atoms with Crippen LogP contribution >= 0.6 is 12.4 Å². The predicted molar refractivity (Wildman–Crippen MR) is 72.5 cm³/mol. The summed E-state index contributed by atoms with van der Waals surface area (Å²) < 4.78 is 13.4. The fourth-order valence-corrected chi connectivity index (χ4v) is 1.75. The summed E-state index contributed by atoms with van der Waals surface area (Å²) in [6.07, 6.45) is 1.21. The van der Waals surface area contributed by atoms with Crippen LogP contribution in [0.25, 0.3) is 11.0 Å². The molecule has 1 aromatic carbocycles. The van der Waals surface area contributed by atoms with Crippen molar-refractivity contribution in [3.63, 3.8) is 0 Å². The molecule has 2 N–H and O–H groups in total. The lowest BCUT2D eigenvalue weighted by Gasteiger charge is -2.16. The highest BCUT2D eigenvalue weighted by Gasteiger charge is 2.18. The van der Waals surface area contributed by atoms with Gasteiger partial charge in [0.25, 0.3) is 5.91 Å². The number of carbonyl (C=O) groups is 2. The van der Waals surface area contributed by atoms with Crippen LogP contribution in [0.4, 0.5) is 4.39 Å². The lowest BCUT2D eigenvalue weighted by Crippen LogP contribution is -2.29. The zero-order chi connectivity index (χ0) is 14.0. The van der Waals surface area contributed by atoms with E-state index in [2.05, 4.69) is 9.97 Å². The summed E-state index contributed by atoms with van der Waals surface area (Å²) in [7, 11) is 1.47. The SMILES string of the molecule is CN(CCC(=O)O)C(=O)c1cc(F)cc2[nH]cnc12.Cl. The van der Waals surface area contributed by atoms with E-state index in [1.807, 2.05) is 0 Å². The molecule has 0 radical (unpaired) electrons. The van der Waals surface area contributed by atoms with Crippen LogP contribution in [0.3, 0.4) is 0 Å². The van der Waals surface area contributed by atoms with Crippen LogP contribution in [0.2, 0.25) is 0 Å². The Labute approximate surface area is 120 Å². The van der Waals surface area contributed by atoms with E-state index in [-0.39, 0.29) is 30.9 Å². The fourth-order valence-electron chi connectivity index (χ4n) is 1.75. The van der Waals surface area contributed by atoms with Crippen LogP contribution < -0.4 is 0 Å². The van der Waals surface area contributed by atoms with Gasteiger partial charge in [0.2, 0.25) is 0 Å². The molecule has 0 aliphatic rings. The van der Waals surface area contributed by atoms with Crippen molar-refractivity contribution < 1.29 is 19.1 Å². The molecule has 2 rings (SSSR count). The van der Waals surface area contributed by atoms with Crippen molar-refractivity contribution in [3.05, 3.63) is 29.8 Å². The fraction of sp³-hybridized carbons (Fsp3) is 0.250. The third-order valence-corrected chi connectivity index (χ3v) is 2.73. The highest BCUT2D eigenvalue weighted by atomic mass is 35.5. The number of aliphatic carboxylic acids is 1.